The zero-order chi connectivity index (χ0) is 12.8. The third-order valence-electron chi connectivity index (χ3n) is 2.79. The third-order valence-corrected chi connectivity index (χ3v) is 2.79. The van der Waals surface area contributed by atoms with E-state index in [1.165, 1.54) is 11.1 Å². The summed E-state index contributed by atoms with van der Waals surface area (Å²) in [6.07, 6.45) is 1.47. The van der Waals surface area contributed by atoms with Crippen molar-refractivity contribution in [2.24, 2.45) is 0 Å². The van der Waals surface area contributed by atoms with E-state index in [-0.39, 0.29) is 0 Å². The van der Waals surface area contributed by atoms with Gasteiger partial charge in [-0.15, -0.1) is 0 Å². The number of hydrogen-bond donors (Lipinski definition) is 0. The number of methoxy groups -OCH3 is 1. The van der Waals surface area contributed by atoms with Crippen LogP contribution in [0.1, 0.15) is 24.0 Å². The van der Waals surface area contributed by atoms with Gasteiger partial charge in [-0.2, -0.15) is 5.26 Å². The molecule has 3 nitrogen and oxygen atoms in total. The maximum atomic E-state index is 8.55. The molecule has 1 aromatic carbocycles. The lowest BCUT2D eigenvalue weighted by atomic mass is 10.1. The molecule has 17 heavy (non-hydrogen) atoms. The summed E-state index contributed by atoms with van der Waals surface area (Å²) in [6.45, 7) is 5.02. The SMILES string of the molecule is COc1cc(C)cc(C)c1N(C)CCCC#N. The van der Waals surface area contributed by atoms with E-state index >= 15 is 0 Å². The minimum atomic E-state index is 0.595. The van der Waals surface area contributed by atoms with E-state index < -0.39 is 0 Å². The first-order valence-electron chi connectivity index (χ1n) is 5.83. The summed E-state index contributed by atoms with van der Waals surface area (Å²) in [7, 11) is 3.73. The second-order valence-electron chi connectivity index (χ2n) is 4.32. The molecule has 0 bridgehead atoms. The predicted molar refractivity (Wildman–Crippen MR) is 70.6 cm³/mol. The van der Waals surface area contributed by atoms with Gasteiger partial charge in [-0.25, -0.2) is 0 Å². The third kappa shape index (κ3) is 3.39. The van der Waals surface area contributed by atoms with Gasteiger partial charge >= 0.3 is 0 Å². The second kappa shape index (κ2) is 6.15. The fourth-order valence-corrected chi connectivity index (χ4v) is 2.07. The van der Waals surface area contributed by atoms with Crippen LogP contribution >= 0.6 is 0 Å². The maximum absolute atomic E-state index is 8.55. The minimum absolute atomic E-state index is 0.595. The van der Waals surface area contributed by atoms with Gasteiger partial charge in [0, 0.05) is 20.0 Å². The minimum Gasteiger partial charge on any atom is -0.495 e. The molecule has 0 unspecified atom stereocenters. The van der Waals surface area contributed by atoms with Crippen molar-refractivity contribution in [3.63, 3.8) is 0 Å². The van der Waals surface area contributed by atoms with Crippen molar-refractivity contribution in [1.82, 2.24) is 0 Å². The van der Waals surface area contributed by atoms with Gasteiger partial charge in [0.2, 0.25) is 0 Å². The summed E-state index contributed by atoms with van der Waals surface area (Å²) < 4.78 is 5.43. The van der Waals surface area contributed by atoms with Crippen molar-refractivity contribution in [2.75, 3.05) is 25.6 Å². The largest absolute Gasteiger partial charge is 0.495 e. The summed E-state index contributed by atoms with van der Waals surface area (Å²) in [5, 5.41) is 8.55. The molecule has 0 heterocycles. The zero-order valence-electron chi connectivity index (χ0n) is 11.1. The first-order valence-corrected chi connectivity index (χ1v) is 5.83. The van der Waals surface area contributed by atoms with Crippen LogP contribution in [0.2, 0.25) is 0 Å². The van der Waals surface area contributed by atoms with Crippen molar-refractivity contribution < 1.29 is 4.74 Å². The molecular weight excluding hydrogens is 212 g/mol. The molecule has 0 N–H and O–H groups in total. The number of nitrogens with zero attached hydrogens (tertiary/aromatic N) is 2. The van der Waals surface area contributed by atoms with Crippen molar-refractivity contribution in [3.8, 4) is 11.8 Å². The van der Waals surface area contributed by atoms with E-state index in [1.54, 1.807) is 7.11 Å². The van der Waals surface area contributed by atoms with Crippen LogP contribution in [0.4, 0.5) is 5.69 Å². The van der Waals surface area contributed by atoms with Crippen LogP contribution in [0.25, 0.3) is 0 Å². The monoisotopic (exact) mass is 232 g/mol. The second-order valence-corrected chi connectivity index (χ2v) is 4.32. The number of hydrogen-bond acceptors (Lipinski definition) is 3. The molecule has 0 aliphatic rings. The predicted octanol–water partition coefficient (Wildman–Crippen LogP) is 3.05. The van der Waals surface area contributed by atoms with E-state index in [2.05, 4.69) is 30.9 Å². The number of nitriles is 1. The van der Waals surface area contributed by atoms with Crippen LogP contribution < -0.4 is 9.64 Å². The Labute approximate surface area is 104 Å². The van der Waals surface area contributed by atoms with Crippen molar-refractivity contribution >= 4 is 5.69 Å². The molecule has 92 valence electrons. The van der Waals surface area contributed by atoms with Gasteiger partial charge < -0.3 is 9.64 Å². The van der Waals surface area contributed by atoms with Crippen LogP contribution in [-0.2, 0) is 0 Å². The van der Waals surface area contributed by atoms with Crippen molar-refractivity contribution in [3.05, 3.63) is 23.3 Å². The van der Waals surface area contributed by atoms with E-state index in [0.29, 0.717) is 6.42 Å². The Bertz CT molecular complexity index is 421. The maximum Gasteiger partial charge on any atom is 0.142 e. The molecule has 3 heteroatoms. The van der Waals surface area contributed by atoms with E-state index in [4.69, 9.17) is 10.00 Å². The number of rotatable bonds is 5. The molecule has 0 aliphatic heterocycles. The van der Waals surface area contributed by atoms with Gasteiger partial charge in [0.25, 0.3) is 0 Å². The number of ether oxygens (including phenoxy) is 1. The first-order chi connectivity index (χ1) is 8.10. The quantitative estimate of drug-likeness (QED) is 0.732. The normalized spacial score (nSPS) is 9.82. The molecule has 0 fully saturated rings. The summed E-state index contributed by atoms with van der Waals surface area (Å²) in [4.78, 5) is 2.16. The van der Waals surface area contributed by atoms with Gasteiger partial charge in [-0.3, -0.25) is 0 Å². The molecule has 1 aromatic rings. The highest BCUT2D eigenvalue weighted by atomic mass is 16.5. The van der Waals surface area contributed by atoms with E-state index in [9.17, 15) is 0 Å². The average molecular weight is 232 g/mol. The highest BCUT2D eigenvalue weighted by molar-refractivity contribution is 5.64. The standard InChI is InChI=1S/C14H20N2O/c1-11-9-12(2)14(13(10-11)17-4)16(3)8-6-5-7-15/h9-10H,5-6,8H2,1-4H3. The summed E-state index contributed by atoms with van der Waals surface area (Å²) in [5.41, 5.74) is 3.53. The molecule has 0 saturated heterocycles. The number of benzene rings is 1. The topological polar surface area (TPSA) is 36.3 Å². The molecule has 1 rings (SSSR count). The first kappa shape index (κ1) is 13.4. The average Bonchev–Trinajstić information content (AvgIpc) is 2.27. The lowest BCUT2D eigenvalue weighted by Gasteiger charge is -2.24. The van der Waals surface area contributed by atoms with Crippen LogP contribution in [0, 0.1) is 25.2 Å². The molecule has 0 aliphatic carbocycles. The Morgan fingerprint density at radius 1 is 1.35 bits per heavy atom. The number of unbranched alkanes of at least 4 members (excludes halogenated alkanes) is 1. The summed E-state index contributed by atoms with van der Waals surface area (Å²) in [6, 6.07) is 6.37. The summed E-state index contributed by atoms with van der Waals surface area (Å²) >= 11 is 0. The van der Waals surface area contributed by atoms with E-state index in [1.807, 2.05) is 13.1 Å². The van der Waals surface area contributed by atoms with Crippen LogP contribution in [0.3, 0.4) is 0 Å². The van der Waals surface area contributed by atoms with Crippen LogP contribution in [0.15, 0.2) is 12.1 Å². The Hall–Kier alpha value is -1.69. The molecule has 0 radical (unpaired) electrons. The molecule has 0 atom stereocenters. The fourth-order valence-electron chi connectivity index (χ4n) is 2.07. The smallest absolute Gasteiger partial charge is 0.142 e. The van der Waals surface area contributed by atoms with Gasteiger partial charge in [-0.1, -0.05) is 6.07 Å². The Morgan fingerprint density at radius 2 is 2.06 bits per heavy atom. The Kier molecular flexibility index (Phi) is 4.84. The van der Waals surface area contributed by atoms with E-state index in [0.717, 1.165) is 24.4 Å². The molecule has 0 amide bonds. The number of aryl methyl sites for hydroxylation is 2. The fraction of sp³-hybridized carbons (Fsp3) is 0.500. The highest BCUT2D eigenvalue weighted by Gasteiger charge is 2.11. The molecular formula is C14H20N2O. The lowest BCUT2D eigenvalue weighted by Crippen LogP contribution is -2.20. The van der Waals surface area contributed by atoms with Gasteiger partial charge in [0.1, 0.15) is 5.75 Å². The Morgan fingerprint density at radius 3 is 2.65 bits per heavy atom. The van der Waals surface area contributed by atoms with Gasteiger partial charge in [0.15, 0.2) is 0 Å². The van der Waals surface area contributed by atoms with Gasteiger partial charge in [-0.05, 0) is 37.5 Å². The van der Waals surface area contributed by atoms with Crippen LogP contribution in [0.5, 0.6) is 5.75 Å². The lowest BCUT2D eigenvalue weighted by molar-refractivity contribution is 0.414. The molecule has 0 aromatic heterocycles. The van der Waals surface area contributed by atoms with Crippen LogP contribution in [-0.4, -0.2) is 20.7 Å². The number of anilines is 1. The van der Waals surface area contributed by atoms with Crippen molar-refractivity contribution in [2.45, 2.75) is 26.7 Å². The van der Waals surface area contributed by atoms with Crippen molar-refractivity contribution in [1.29, 1.82) is 5.26 Å². The zero-order valence-corrected chi connectivity index (χ0v) is 11.1. The Balaban J connectivity index is 2.92. The molecule has 0 saturated carbocycles. The van der Waals surface area contributed by atoms with Gasteiger partial charge in [0.05, 0.1) is 18.9 Å². The summed E-state index contributed by atoms with van der Waals surface area (Å²) in [5.74, 6) is 0.905. The highest BCUT2D eigenvalue weighted by Crippen LogP contribution is 2.32. The molecule has 0 spiro atoms.